The van der Waals surface area contributed by atoms with Gasteiger partial charge in [-0.2, -0.15) is 0 Å². The van der Waals surface area contributed by atoms with E-state index >= 15 is 0 Å². The summed E-state index contributed by atoms with van der Waals surface area (Å²) in [7, 11) is 0. The molecule has 2 fully saturated rings. The fourth-order valence-electron chi connectivity index (χ4n) is 5.53. The maximum absolute atomic E-state index is 13.1. The average Bonchev–Trinajstić information content (AvgIpc) is 3.45. The Labute approximate surface area is 222 Å². The van der Waals surface area contributed by atoms with Gasteiger partial charge in [-0.25, -0.2) is 0 Å². The van der Waals surface area contributed by atoms with E-state index in [1.165, 1.54) is 0 Å². The first-order valence-corrected chi connectivity index (χ1v) is 13.4. The molecule has 1 saturated heterocycles. The summed E-state index contributed by atoms with van der Waals surface area (Å²) in [5.41, 5.74) is 3.17. The van der Waals surface area contributed by atoms with Gasteiger partial charge in [-0.3, -0.25) is 4.79 Å². The summed E-state index contributed by atoms with van der Waals surface area (Å²) in [6, 6.07) is 20.7. The largest absolute Gasteiger partial charge is 0.505 e. The quantitative estimate of drug-likeness (QED) is 0.378. The molecule has 1 aliphatic carbocycles. The minimum absolute atomic E-state index is 0.107. The highest BCUT2D eigenvalue weighted by atomic mass is 35.5. The topological polar surface area (TPSA) is 55.8 Å². The molecule has 3 aromatic carbocycles. The van der Waals surface area contributed by atoms with E-state index in [9.17, 15) is 9.90 Å². The number of anilines is 2. The minimum Gasteiger partial charge on any atom is -0.505 e. The van der Waals surface area contributed by atoms with Crippen LogP contribution in [0.25, 0.3) is 0 Å². The third-order valence-corrected chi connectivity index (χ3v) is 8.28. The van der Waals surface area contributed by atoms with E-state index < -0.39 is 0 Å². The van der Waals surface area contributed by atoms with Crippen LogP contribution in [0.3, 0.4) is 0 Å². The van der Waals surface area contributed by atoms with Crippen molar-refractivity contribution in [3.8, 4) is 5.75 Å². The van der Waals surface area contributed by atoms with Crippen LogP contribution in [0.4, 0.5) is 11.4 Å². The van der Waals surface area contributed by atoms with E-state index in [1.807, 2.05) is 60.7 Å². The first kappa shape index (κ1) is 24.8. The number of carbonyl (C=O) groups excluding carboxylic acids is 1. The first-order chi connectivity index (χ1) is 17.5. The second-order valence-corrected chi connectivity index (χ2v) is 10.4. The summed E-state index contributed by atoms with van der Waals surface area (Å²) in [6.07, 6.45) is 4.39. The summed E-state index contributed by atoms with van der Waals surface area (Å²) in [5, 5.41) is 15.9. The van der Waals surface area contributed by atoms with E-state index in [4.69, 9.17) is 23.2 Å². The zero-order valence-electron chi connectivity index (χ0n) is 20.2. The molecule has 0 spiro atoms. The maximum atomic E-state index is 13.1. The highest BCUT2D eigenvalue weighted by Gasteiger charge is 2.31. The van der Waals surface area contributed by atoms with Crippen LogP contribution in [0.2, 0.25) is 10.0 Å². The number of rotatable bonds is 6. The Bertz CT molecular complexity index is 1210. The normalized spacial score (nSPS) is 17.3. The van der Waals surface area contributed by atoms with Gasteiger partial charge < -0.3 is 20.2 Å². The van der Waals surface area contributed by atoms with E-state index in [2.05, 4.69) is 15.1 Å². The van der Waals surface area contributed by atoms with Crippen LogP contribution >= 0.6 is 23.2 Å². The van der Waals surface area contributed by atoms with Crippen molar-refractivity contribution in [2.24, 2.45) is 5.92 Å². The second kappa shape index (κ2) is 11.0. The SMILES string of the molecule is O=C(NC(c1cccc(N2CCN(c3cccc(Cl)c3Cl)CC2)c1O)C1CCCC1)c1ccccc1. The van der Waals surface area contributed by atoms with Crippen LogP contribution in [0.5, 0.6) is 5.75 Å². The molecule has 2 aliphatic rings. The van der Waals surface area contributed by atoms with Crippen molar-refractivity contribution in [1.82, 2.24) is 5.32 Å². The van der Waals surface area contributed by atoms with Crippen molar-refractivity contribution in [3.63, 3.8) is 0 Å². The van der Waals surface area contributed by atoms with Crippen LogP contribution < -0.4 is 15.1 Å². The average molecular weight is 524 g/mol. The van der Waals surface area contributed by atoms with Crippen LogP contribution in [0.15, 0.2) is 66.7 Å². The summed E-state index contributed by atoms with van der Waals surface area (Å²) in [6.45, 7) is 3.01. The number of phenols is 1. The minimum atomic E-state index is -0.230. The Morgan fingerprint density at radius 1 is 0.833 bits per heavy atom. The molecule has 36 heavy (non-hydrogen) atoms. The molecular formula is C29H31Cl2N3O2. The molecule has 2 N–H and O–H groups in total. The third kappa shape index (κ3) is 5.14. The lowest BCUT2D eigenvalue weighted by Crippen LogP contribution is -2.46. The number of phenolic OH excluding ortho intramolecular Hbond substituents is 1. The molecule has 5 rings (SSSR count). The van der Waals surface area contributed by atoms with Crippen LogP contribution in [0, 0.1) is 5.92 Å². The Morgan fingerprint density at radius 2 is 1.44 bits per heavy atom. The Kier molecular flexibility index (Phi) is 7.59. The fraction of sp³-hybridized carbons (Fsp3) is 0.345. The molecule has 1 aliphatic heterocycles. The van der Waals surface area contributed by atoms with Crippen LogP contribution in [0.1, 0.15) is 47.6 Å². The number of nitrogens with one attached hydrogen (secondary N) is 1. The van der Waals surface area contributed by atoms with Gasteiger partial charge in [-0.05, 0) is 49.1 Å². The molecule has 1 amide bonds. The molecular weight excluding hydrogens is 493 g/mol. The number of hydrogen-bond donors (Lipinski definition) is 2. The molecule has 5 nitrogen and oxygen atoms in total. The first-order valence-electron chi connectivity index (χ1n) is 12.6. The summed E-state index contributed by atoms with van der Waals surface area (Å²) < 4.78 is 0. The molecule has 0 radical (unpaired) electrons. The van der Waals surface area contributed by atoms with E-state index in [1.54, 1.807) is 6.07 Å². The van der Waals surface area contributed by atoms with Gasteiger partial charge in [-0.15, -0.1) is 0 Å². The van der Waals surface area contributed by atoms with Crippen LogP contribution in [-0.4, -0.2) is 37.2 Å². The van der Waals surface area contributed by atoms with Gasteiger partial charge in [0, 0.05) is 37.3 Å². The monoisotopic (exact) mass is 523 g/mol. The molecule has 1 unspecified atom stereocenters. The lowest BCUT2D eigenvalue weighted by Gasteiger charge is -2.38. The lowest BCUT2D eigenvalue weighted by molar-refractivity contribution is 0.0921. The standard InChI is InChI=1S/C29H31Cl2N3O2/c30-23-13-7-14-24(26(23)31)33-16-18-34(19-17-33)25-15-6-12-22(28(25)35)27(20-8-4-5-9-20)32-29(36)21-10-2-1-3-11-21/h1-3,6-7,10-15,20,27,35H,4-5,8-9,16-19H2,(H,32,36). The van der Waals surface area contributed by atoms with E-state index in [0.717, 1.165) is 68.8 Å². The number of halogens is 2. The fourth-order valence-corrected chi connectivity index (χ4v) is 5.95. The number of aromatic hydroxyl groups is 1. The zero-order chi connectivity index (χ0) is 25.1. The van der Waals surface area contributed by atoms with Crippen molar-refractivity contribution < 1.29 is 9.90 Å². The summed E-state index contributed by atoms with van der Waals surface area (Å²) in [5.74, 6) is 0.460. The van der Waals surface area contributed by atoms with Crippen molar-refractivity contribution >= 4 is 40.5 Å². The van der Waals surface area contributed by atoms with Crippen molar-refractivity contribution in [1.29, 1.82) is 0 Å². The number of para-hydroxylation sites is 1. The molecule has 3 aromatic rings. The van der Waals surface area contributed by atoms with Gasteiger partial charge in [0.1, 0.15) is 5.75 Å². The van der Waals surface area contributed by atoms with Gasteiger partial charge in [0.05, 0.1) is 27.5 Å². The molecule has 188 valence electrons. The molecule has 1 heterocycles. The summed E-state index contributed by atoms with van der Waals surface area (Å²) >= 11 is 12.7. The maximum Gasteiger partial charge on any atom is 0.251 e. The highest BCUT2D eigenvalue weighted by Crippen LogP contribution is 2.43. The van der Waals surface area contributed by atoms with Crippen molar-refractivity contribution in [2.45, 2.75) is 31.7 Å². The van der Waals surface area contributed by atoms with Gasteiger partial charge in [0.2, 0.25) is 0 Å². The Hall–Kier alpha value is -2.89. The van der Waals surface area contributed by atoms with Crippen molar-refractivity contribution in [3.05, 3.63) is 87.9 Å². The Morgan fingerprint density at radius 3 is 2.14 bits per heavy atom. The number of piperazine rings is 1. The van der Waals surface area contributed by atoms with Gasteiger partial charge in [0.15, 0.2) is 0 Å². The van der Waals surface area contributed by atoms with E-state index in [0.29, 0.717) is 21.5 Å². The van der Waals surface area contributed by atoms with E-state index in [-0.39, 0.29) is 17.7 Å². The summed E-state index contributed by atoms with van der Waals surface area (Å²) in [4.78, 5) is 17.5. The highest BCUT2D eigenvalue weighted by molar-refractivity contribution is 6.43. The predicted octanol–water partition coefficient (Wildman–Crippen LogP) is 6.69. The lowest BCUT2D eigenvalue weighted by atomic mass is 9.90. The van der Waals surface area contributed by atoms with Gasteiger partial charge in [-0.1, -0.05) is 72.4 Å². The van der Waals surface area contributed by atoms with Gasteiger partial charge in [0.25, 0.3) is 5.91 Å². The zero-order valence-corrected chi connectivity index (χ0v) is 21.7. The van der Waals surface area contributed by atoms with Gasteiger partial charge >= 0.3 is 0 Å². The molecule has 1 saturated carbocycles. The smallest absolute Gasteiger partial charge is 0.251 e. The number of benzene rings is 3. The molecule has 1 atom stereocenters. The third-order valence-electron chi connectivity index (χ3n) is 7.47. The predicted molar refractivity (Wildman–Crippen MR) is 148 cm³/mol. The number of hydrogen-bond acceptors (Lipinski definition) is 4. The number of nitrogens with zero attached hydrogens (tertiary/aromatic N) is 2. The number of amides is 1. The van der Waals surface area contributed by atoms with Crippen molar-refractivity contribution in [2.75, 3.05) is 36.0 Å². The number of carbonyl (C=O) groups is 1. The molecule has 0 aromatic heterocycles. The van der Waals surface area contributed by atoms with Crippen LogP contribution in [-0.2, 0) is 0 Å². The molecule has 0 bridgehead atoms. The Balaban J connectivity index is 1.36. The second-order valence-electron chi connectivity index (χ2n) is 9.62. The molecule has 7 heteroatoms.